The lowest BCUT2D eigenvalue weighted by Crippen LogP contribution is -2.54. The first kappa shape index (κ1) is 40.9. The maximum atomic E-state index is 13.5. The van der Waals surface area contributed by atoms with Gasteiger partial charge in [-0.3, -0.25) is 39.3 Å². The van der Waals surface area contributed by atoms with Crippen molar-refractivity contribution in [2.24, 2.45) is 5.92 Å². The van der Waals surface area contributed by atoms with Crippen LogP contribution in [0.25, 0.3) is 11.1 Å². The minimum absolute atomic E-state index is 0.00807. The first-order valence-electron chi connectivity index (χ1n) is 20.2. The molecule has 2 aromatic heterocycles. The van der Waals surface area contributed by atoms with Crippen LogP contribution in [-0.2, 0) is 14.3 Å². The molecule has 7 heterocycles. The zero-order valence-corrected chi connectivity index (χ0v) is 33.1. The number of nitrogens with one attached hydrogen (secondary N) is 2. The number of piperazine rings is 1. The highest BCUT2D eigenvalue weighted by Gasteiger charge is 2.45. The van der Waals surface area contributed by atoms with Gasteiger partial charge in [-0.25, -0.2) is 9.78 Å². The number of alkyl halides is 3. The predicted molar refractivity (Wildman–Crippen MR) is 212 cm³/mol. The van der Waals surface area contributed by atoms with Crippen LogP contribution in [0.4, 0.5) is 35.0 Å². The van der Waals surface area contributed by atoms with Gasteiger partial charge in [-0.2, -0.15) is 13.2 Å². The number of imide groups is 2. The fourth-order valence-corrected chi connectivity index (χ4v) is 8.51. The van der Waals surface area contributed by atoms with Crippen LogP contribution in [0.15, 0.2) is 42.7 Å². The number of halogens is 3. The molecule has 16 nitrogen and oxygen atoms in total. The Morgan fingerprint density at radius 3 is 2.40 bits per heavy atom. The summed E-state index contributed by atoms with van der Waals surface area (Å²) in [4.78, 5) is 82.2. The average Bonchev–Trinajstić information content (AvgIpc) is 3.79. The third kappa shape index (κ3) is 8.86. The van der Waals surface area contributed by atoms with Crippen LogP contribution >= 0.6 is 0 Å². The van der Waals surface area contributed by atoms with Crippen LogP contribution in [0.5, 0.6) is 5.88 Å². The fraction of sp³-hybridized carbons (Fsp3) is 0.488. The van der Waals surface area contributed by atoms with Crippen molar-refractivity contribution >= 4 is 46.7 Å². The number of hydrogen-bond donors (Lipinski definition) is 2. The van der Waals surface area contributed by atoms with E-state index in [0.717, 1.165) is 34.9 Å². The topological polar surface area (TPSA) is 170 Å². The van der Waals surface area contributed by atoms with E-state index in [1.807, 2.05) is 13.0 Å². The molecule has 5 aliphatic rings. The molecule has 4 saturated heterocycles. The summed E-state index contributed by atoms with van der Waals surface area (Å²) in [6.07, 6.45) is -1.36. The number of fused-ring (bicyclic) bond motifs is 1. The van der Waals surface area contributed by atoms with E-state index in [1.165, 1.54) is 4.90 Å². The molecule has 1 unspecified atom stereocenters. The molecular weight excluding hydrogens is 788 g/mol. The zero-order valence-electron chi connectivity index (χ0n) is 33.1. The van der Waals surface area contributed by atoms with Crippen molar-refractivity contribution < 1.29 is 46.6 Å². The molecule has 2 atom stereocenters. The molecule has 2 N–H and O–H groups in total. The van der Waals surface area contributed by atoms with Gasteiger partial charge in [-0.15, -0.1) is 0 Å². The number of hydrogen-bond acceptors (Lipinski definition) is 12. The van der Waals surface area contributed by atoms with Crippen molar-refractivity contribution in [2.75, 3.05) is 93.8 Å². The lowest BCUT2D eigenvalue weighted by Gasteiger charge is -2.36. The second-order valence-corrected chi connectivity index (χ2v) is 15.7. The van der Waals surface area contributed by atoms with Crippen LogP contribution < -0.4 is 25.2 Å². The summed E-state index contributed by atoms with van der Waals surface area (Å²) in [5, 5.41) is 5.09. The number of aryl methyl sites for hydroxylation is 1. The molecule has 1 aromatic carbocycles. The van der Waals surface area contributed by atoms with Gasteiger partial charge in [0.05, 0.1) is 36.2 Å². The number of carbonyl (C=O) groups is 5. The number of rotatable bonds is 10. The summed E-state index contributed by atoms with van der Waals surface area (Å²) >= 11 is 0. The van der Waals surface area contributed by atoms with E-state index in [1.54, 1.807) is 36.7 Å². The number of benzene rings is 1. The van der Waals surface area contributed by atoms with Gasteiger partial charge < -0.3 is 29.5 Å². The van der Waals surface area contributed by atoms with Gasteiger partial charge in [0.1, 0.15) is 18.3 Å². The van der Waals surface area contributed by atoms with Gasteiger partial charge in [0.2, 0.25) is 17.7 Å². The van der Waals surface area contributed by atoms with Crippen LogP contribution in [-0.4, -0.2) is 145 Å². The Morgan fingerprint density at radius 1 is 0.900 bits per heavy atom. The molecule has 0 saturated carbocycles. The molecule has 60 heavy (non-hydrogen) atoms. The summed E-state index contributed by atoms with van der Waals surface area (Å²) in [5.41, 5.74) is 4.56. The lowest BCUT2D eigenvalue weighted by molar-refractivity contribution is -0.143. The molecular formula is C41H46F3N9O7. The lowest BCUT2D eigenvalue weighted by atomic mass is 10.0. The Balaban J connectivity index is 0.918. The number of aromatic nitrogens is 2. The molecule has 19 heteroatoms. The number of urea groups is 1. The first-order chi connectivity index (χ1) is 28.8. The van der Waals surface area contributed by atoms with E-state index in [4.69, 9.17) is 14.5 Å². The third-order valence-corrected chi connectivity index (χ3v) is 11.7. The predicted octanol–water partition coefficient (Wildman–Crippen LogP) is 3.70. The molecule has 6 amide bonds. The number of pyridine rings is 2. The monoisotopic (exact) mass is 833 g/mol. The summed E-state index contributed by atoms with van der Waals surface area (Å²) in [6, 6.07) is 7.30. The van der Waals surface area contributed by atoms with Crippen molar-refractivity contribution in [3.05, 3.63) is 59.5 Å². The molecule has 0 radical (unpaired) electrons. The van der Waals surface area contributed by atoms with E-state index < -0.39 is 54.2 Å². The van der Waals surface area contributed by atoms with Gasteiger partial charge in [-0.05, 0) is 56.0 Å². The van der Waals surface area contributed by atoms with E-state index in [2.05, 4.69) is 30.3 Å². The number of morpholine rings is 1. The second kappa shape index (κ2) is 17.0. The highest BCUT2D eigenvalue weighted by atomic mass is 19.4. The number of piperidine rings is 1. The maximum absolute atomic E-state index is 13.5. The molecule has 0 bridgehead atoms. The molecule has 8 rings (SSSR count). The number of amides is 6. The van der Waals surface area contributed by atoms with Crippen molar-refractivity contribution in [3.63, 3.8) is 0 Å². The second-order valence-electron chi connectivity index (χ2n) is 15.7. The molecule has 3 aromatic rings. The van der Waals surface area contributed by atoms with Crippen LogP contribution in [0.2, 0.25) is 0 Å². The number of likely N-dealkylation sites (tertiary alicyclic amines) is 1. The Bertz CT molecular complexity index is 2180. The van der Waals surface area contributed by atoms with E-state index in [0.29, 0.717) is 62.9 Å². The first-order valence-corrected chi connectivity index (χ1v) is 20.2. The van der Waals surface area contributed by atoms with Gasteiger partial charge in [-0.1, -0.05) is 0 Å². The number of ether oxygens (including phenoxy) is 2. The normalized spacial score (nSPS) is 21.4. The number of anilines is 3. The largest absolute Gasteiger partial charge is 0.475 e. The van der Waals surface area contributed by atoms with Gasteiger partial charge >= 0.3 is 12.2 Å². The fourth-order valence-electron chi connectivity index (χ4n) is 8.51. The minimum atomic E-state index is -4.31. The summed E-state index contributed by atoms with van der Waals surface area (Å²) in [6.45, 7) is 8.00. The van der Waals surface area contributed by atoms with E-state index >= 15 is 0 Å². The molecule has 5 aliphatic heterocycles. The number of nitrogens with zero attached hydrogens (tertiary/aromatic N) is 7. The standard InChI is InChI=1S/C41H46F3N9O7/c1-25-31(27-18-29(23-45-22-27)51-13-15-59-16-14-51)20-33(47-40(58)52-7-6-26(24-52)21-41(42,43)44)37(46-25)60-17-12-49-8-10-50(11-9-49)28-2-3-30-32(19-28)39(57)53(38(30)56)34-4-5-35(54)48-36(34)55/h2-3,18-20,22-23,26,34H,4-17,21,24H2,1H3,(H,47,58)(H,48,54,55)/t26-,34?/m0/s1. The van der Waals surface area contributed by atoms with E-state index in [-0.39, 0.29) is 56.0 Å². The molecule has 0 aliphatic carbocycles. The Morgan fingerprint density at radius 2 is 1.65 bits per heavy atom. The zero-order chi connectivity index (χ0) is 42.1. The molecule has 0 spiro atoms. The molecule has 318 valence electrons. The highest BCUT2D eigenvalue weighted by molar-refractivity contribution is 6.23. The Hall–Kier alpha value is -5.82. The summed E-state index contributed by atoms with van der Waals surface area (Å²) < 4.78 is 51.1. The smallest absolute Gasteiger partial charge is 0.389 e. The highest BCUT2D eigenvalue weighted by Crippen LogP contribution is 2.35. The van der Waals surface area contributed by atoms with Crippen molar-refractivity contribution in [2.45, 2.75) is 44.8 Å². The SMILES string of the molecule is Cc1nc(OCCN2CCN(c3ccc4c(c3)C(=O)N(C3CCC(=O)NC3=O)C4=O)CC2)c(NC(=O)N2CC[C@@H](CC(F)(F)F)C2)cc1-c1cncc(N2CCOCC2)c1. The van der Waals surface area contributed by atoms with Gasteiger partial charge in [0, 0.05) is 100 Å². The van der Waals surface area contributed by atoms with Crippen molar-refractivity contribution in [3.8, 4) is 17.0 Å². The summed E-state index contributed by atoms with van der Waals surface area (Å²) in [7, 11) is 0. The van der Waals surface area contributed by atoms with Gasteiger partial charge in [0.25, 0.3) is 11.8 Å². The minimum Gasteiger partial charge on any atom is -0.475 e. The van der Waals surface area contributed by atoms with Crippen molar-refractivity contribution in [1.82, 2.24) is 30.0 Å². The maximum Gasteiger partial charge on any atom is 0.389 e. The quantitative estimate of drug-likeness (QED) is 0.285. The van der Waals surface area contributed by atoms with Gasteiger partial charge in [0.15, 0.2) is 0 Å². The van der Waals surface area contributed by atoms with Crippen molar-refractivity contribution in [1.29, 1.82) is 0 Å². The Labute approximate surface area is 344 Å². The molecule has 4 fully saturated rings. The summed E-state index contributed by atoms with van der Waals surface area (Å²) in [5.74, 6) is -2.68. The van der Waals surface area contributed by atoms with E-state index in [9.17, 15) is 37.1 Å². The average molecular weight is 834 g/mol. The van der Waals surface area contributed by atoms with Crippen LogP contribution in [0.1, 0.15) is 52.1 Å². The Kier molecular flexibility index (Phi) is 11.6. The van der Waals surface area contributed by atoms with Crippen LogP contribution in [0.3, 0.4) is 0 Å². The number of carbonyl (C=O) groups excluding carboxylic acids is 5. The third-order valence-electron chi connectivity index (χ3n) is 11.7. The van der Waals surface area contributed by atoms with Crippen LogP contribution in [0, 0.1) is 12.8 Å².